The normalized spacial score (nSPS) is 15.5. The smallest absolute Gasteiger partial charge is 0.254 e. The summed E-state index contributed by atoms with van der Waals surface area (Å²) in [5.74, 6) is -1.59. The van der Waals surface area contributed by atoms with Gasteiger partial charge in [0, 0.05) is 41.1 Å². The highest BCUT2D eigenvalue weighted by Gasteiger charge is 2.36. The maximum absolute atomic E-state index is 13.4. The van der Waals surface area contributed by atoms with E-state index in [1.807, 2.05) is 25.1 Å². The van der Waals surface area contributed by atoms with Gasteiger partial charge in [0.1, 0.15) is 0 Å². The van der Waals surface area contributed by atoms with E-state index in [2.05, 4.69) is 15.6 Å². The predicted octanol–water partition coefficient (Wildman–Crippen LogP) is 3.12. The van der Waals surface area contributed by atoms with Crippen molar-refractivity contribution in [1.29, 1.82) is 0 Å². The Hall–Kier alpha value is -3.45. The third kappa shape index (κ3) is 3.96. The lowest BCUT2D eigenvalue weighted by Gasteiger charge is -2.33. The number of amides is 3. The number of nitrogens with zero attached hydrogens (tertiary/aromatic N) is 2. The molecule has 31 heavy (non-hydrogen) atoms. The molecule has 1 atom stereocenters. The number of carbonyl (C=O) groups excluding carboxylic acids is 3. The standard InChI is InChI=1S/C23H21ClN4O3/c1-13-4-3-5-14-9-26-10-19(21(13)14)27-22(30)18-11-28(12-20(29)25-2)23(31)16-7-6-15(24)8-17(16)18/h3-10,18H,11-12H2,1-2H3,(H,25,29)(H,27,30)/t18-/m1/s1. The third-order valence-electron chi connectivity index (χ3n) is 5.49. The SMILES string of the molecule is CNC(=O)CN1C[C@@H](C(=O)Nc2cncc3cccc(C)c23)c2cc(Cl)ccc2C1=O. The second-order valence-electron chi connectivity index (χ2n) is 7.49. The van der Waals surface area contributed by atoms with Gasteiger partial charge >= 0.3 is 0 Å². The van der Waals surface area contributed by atoms with Gasteiger partial charge in [-0.05, 0) is 36.2 Å². The van der Waals surface area contributed by atoms with Crippen LogP contribution >= 0.6 is 11.6 Å². The minimum absolute atomic E-state index is 0.0720. The van der Waals surface area contributed by atoms with Crippen molar-refractivity contribution in [3.63, 3.8) is 0 Å². The lowest BCUT2D eigenvalue weighted by atomic mass is 9.88. The monoisotopic (exact) mass is 436 g/mol. The summed E-state index contributed by atoms with van der Waals surface area (Å²) in [5, 5.41) is 7.75. The summed E-state index contributed by atoms with van der Waals surface area (Å²) in [6.07, 6.45) is 3.36. The van der Waals surface area contributed by atoms with Crippen LogP contribution in [0.4, 0.5) is 5.69 Å². The molecule has 0 fully saturated rings. The van der Waals surface area contributed by atoms with Crippen LogP contribution in [0.5, 0.6) is 0 Å². The summed E-state index contributed by atoms with van der Waals surface area (Å²) < 4.78 is 0. The highest BCUT2D eigenvalue weighted by Crippen LogP contribution is 2.33. The Kier molecular flexibility index (Phi) is 5.61. The zero-order valence-electron chi connectivity index (χ0n) is 17.1. The van der Waals surface area contributed by atoms with Gasteiger partial charge in [0.2, 0.25) is 11.8 Å². The summed E-state index contributed by atoms with van der Waals surface area (Å²) >= 11 is 6.17. The minimum Gasteiger partial charge on any atom is -0.358 e. The number of hydrogen-bond acceptors (Lipinski definition) is 4. The summed E-state index contributed by atoms with van der Waals surface area (Å²) in [7, 11) is 1.50. The molecule has 0 bridgehead atoms. The van der Waals surface area contributed by atoms with E-state index in [0.29, 0.717) is 21.8 Å². The molecule has 158 valence electrons. The summed E-state index contributed by atoms with van der Waals surface area (Å²) in [5.41, 5.74) is 2.53. The van der Waals surface area contributed by atoms with E-state index in [1.54, 1.807) is 30.6 Å². The molecule has 2 aromatic carbocycles. The highest BCUT2D eigenvalue weighted by molar-refractivity contribution is 6.30. The molecule has 8 heteroatoms. The number of aryl methyl sites for hydroxylation is 1. The van der Waals surface area contributed by atoms with E-state index in [9.17, 15) is 14.4 Å². The van der Waals surface area contributed by atoms with Gasteiger partial charge in [-0.1, -0.05) is 29.8 Å². The van der Waals surface area contributed by atoms with Crippen LogP contribution in [0.1, 0.15) is 27.4 Å². The van der Waals surface area contributed by atoms with Crippen molar-refractivity contribution < 1.29 is 14.4 Å². The average molecular weight is 437 g/mol. The number of halogens is 1. The number of benzene rings is 2. The second kappa shape index (κ2) is 8.35. The van der Waals surface area contributed by atoms with Crippen molar-refractivity contribution in [3.8, 4) is 0 Å². The van der Waals surface area contributed by atoms with Crippen LogP contribution in [-0.2, 0) is 9.59 Å². The number of pyridine rings is 1. The number of likely N-dealkylation sites (N-methyl/N-ethyl adjacent to an activating group) is 1. The molecule has 3 aromatic rings. The molecule has 3 amide bonds. The molecule has 1 aliphatic rings. The van der Waals surface area contributed by atoms with Crippen LogP contribution in [-0.4, -0.2) is 47.7 Å². The Morgan fingerprint density at radius 3 is 2.81 bits per heavy atom. The van der Waals surface area contributed by atoms with E-state index in [1.165, 1.54) is 11.9 Å². The van der Waals surface area contributed by atoms with Crippen molar-refractivity contribution in [2.24, 2.45) is 0 Å². The molecule has 0 radical (unpaired) electrons. The van der Waals surface area contributed by atoms with Gasteiger partial charge in [0.05, 0.1) is 24.3 Å². The first-order valence-corrected chi connectivity index (χ1v) is 10.2. The maximum atomic E-state index is 13.4. The fourth-order valence-corrected chi connectivity index (χ4v) is 4.12. The zero-order valence-corrected chi connectivity index (χ0v) is 17.9. The number of hydrogen-bond donors (Lipinski definition) is 2. The minimum atomic E-state index is -0.685. The molecule has 2 heterocycles. The largest absolute Gasteiger partial charge is 0.358 e. The number of aromatic nitrogens is 1. The van der Waals surface area contributed by atoms with E-state index in [-0.39, 0.29) is 30.8 Å². The lowest BCUT2D eigenvalue weighted by Crippen LogP contribution is -2.47. The molecule has 0 spiro atoms. The average Bonchev–Trinajstić information content (AvgIpc) is 2.75. The molecule has 7 nitrogen and oxygen atoms in total. The second-order valence-corrected chi connectivity index (χ2v) is 7.93. The fourth-order valence-electron chi connectivity index (χ4n) is 3.94. The Bertz CT molecular complexity index is 1210. The topological polar surface area (TPSA) is 91.4 Å². The molecule has 0 saturated carbocycles. The van der Waals surface area contributed by atoms with Gasteiger partial charge in [-0.2, -0.15) is 0 Å². The summed E-state index contributed by atoms with van der Waals surface area (Å²) in [4.78, 5) is 43.8. The lowest BCUT2D eigenvalue weighted by molar-refractivity contribution is -0.122. The summed E-state index contributed by atoms with van der Waals surface area (Å²) in [6, 6.07) is 10.7. The van der Waals surface area contributed by atoms with Crippen molar-refractivity contribution in [2.75, 3.05) is 25.5 Å². The van der Waals surface area contributed by atoms with Crippen LogP contribution in [0.25, 0.3) is 10.8 Å². The van der Waals surface area contributed by atoms with Crippen molar-refractivity contribution in [1.82, 2.24) is 15.2 Å². The van der Waals surface area contributed by atoms with E-state index in [0.717, 1.165) is 16.3 Å². The van der Waals surface area contributed by atoms with Crippen molar-refractivity contribution in [2.45, 2.75) is 12.8 Å². The van der Waals surface area contributed by atoms with Gasteiger partial charge in [-0.15, -0.1) is 0 Å². The summed E-state index contributed by atoms with van der Waals surface area (Å²) in [6.45, 7) is 1.91. The first-order chi connectivity index (χ1) is 14.9. The van der Waals surface area contributed by atoms with Gasteiger partial charge in [0.15, 0.2) is 0 Å². The Morgan fingerprint density at radius 2 is 2.03 bits per heavy atom. The van der Waals surface area contributed by atoms with Gasteiger partial charge in [0.25, 0.3) is 5.91 Å². The van der Waals surface area contributed by atoms with Crippen LogP contribution in [0.2, 0.25) is 5.02 Å². The van der Waals surface area contributed by atoms with Gasteiger partial charge < -0.3 is 15.5 Å². The molecule has 1 aromatic heterocycles. The number of carbonyl (C=O) groups is 3. The number of rotatable bonds is 4. The van der Waals surface area contributed by atoms with Gasteiger partial charge in [-0.25, -0.2) is 0 Å². The quantitative estimate of drug-likeness (QED) is 0.657. The first kappa shape index (κ1) is 20.8. The number of anilines is 1. The van der Waals surface area contributed by atoms with Crippen LogP contribution in [0.15, 0.2) is 48.8 Å². The molecule has 1 aliphatic heterocycles. The van der Waals surface area contributed by atoms with Crippen LogP contribution in [0.3, 0.4) is 0 Å². The molecule has 2 N–H and O–H groups in total. The van der Waals surface area contributed by atoms with Gasteiger partial charge in [-0.3, -0.25) is 19.4 Å². The predicted molar refractivity (Wildman–Crippen MR) is 119 cm³/mol. The number of fused-ring (bicyclic) bond motifs is 2. The molecular formula is C23H21ClN4O3. The fraction of sp³-hybridized carbons (Fsp3) is 0.217. The maximum Gasteiger partial charge on any atom is 0.254 e. The third-order valence-corrected chi connectivity index (χ3v) is 5.72. The molecule has 0 aliphatic carbocycles. The van der Waals surface area contributed by atoms with Crippen LogP contribution < -0.4 is 10.6 Å². The molecule has 0 saturated heterocycles. The van der Waals surface area contributed by atoms with E-state index < -0.39 is 5.92 Å². The molecular weight excluding hydrogens is 416 g/mol. The highest BCUT2D eigenvalue weighted by atomic mass is 35.5. The molecule has 0 unspecified atom stereocenters. The van der Waals surface area contributed by atoms with E-state index >= 15 is 0 Å². The Morgan fingerprint density at radius 1 is 1.23 bits per heavy atom. The Labute approximate surface area is 184 Å². The molecule has 4 rings (SSSR count). The zero-order chi connectivity index (χ0) is 22.1. The number of nitrogens with one attached hydrogen (secondary N) is 2. The van der Waals surface area contributed by atoms with Crippen molar-refractivity contribution in [3.05, 3.63) is 70.5 Å². The Balaban J connectivity index is 1.72. The van der Waals surface area contributed by atoms with Crippen LogP contribution in [0, 0.1) is 6.92 Å². The van der Waals surface area contributed by atoms with Crippen molar-refractivity contribution >= 4 is 45.8 Å². The first-order valence-electron chi connectivity index (χ1n) is 9.82. The van der Waals surface area contributed by atoms with E-state index in [4.69, 9.17) is 11.6 Å².